The fraction of sp³-hybridized carbons (Fsp3) is 0.333. The second-order valence-electron chi connectivity index (χ2n) is 7.13. The van der Waals surface area contributed by atoms with Crippen molar-refractivity contribution in [1.29, 1.82) is 0 Å². The van der Waals surface area contributed by atoms with Crippen LogP contribution in [0.2, 0.25) is 0 Å². The van der Waals surface area contributed by atoms with Crippen LogP contribution in [-0.4, -0.2) is 60.1 Å². The molecule has 1 atom stereocenters. The maximum absolute atomic E-state index is 14.0. The highest BCUT2D eigenvalue weighted by Crippen LogP contribution is 2.30. The molecule has 146 valence electrons. The molecule has 0 saturated carbocycles. The van der Waals surface area contributed by atoms with E-state index in [1.807, 2.05) is 23.1 Å². The van der Waals surface area contributed by atoms with Crippen molar-refractivity contribution in [3.8, 4) is 0 Å². The molecule has 7 heteroatoms. The molecule has 0 radical (unpaired) electrons. The summed E-state index contributed by atoms with van der Waals surface area (Å²) >= 11 is 0. The number of piperazine rings is 1. The average molecular weight is 383 g/mol. The number of benzene rings is 2. The van der Waals surface area contributed by atoms with Gasteiger partial charge in [0.15, 0.2) is 0 Å². The number of nitrogens with zero attached hydrogens (tertiary/aromatic N) is 3. The monoisotopic (exact) mass is 383 g/mol. The van der Waals surface area contributed by atoms with E-state index in [-0.39, 0.29) is 12.2 Å². The molecule has 0 aromatic heterocycles. The number of carbonyl (C=O) groups is 2. The van der Waals surface area contributed by atoms with E-state index < -0.39 is 17.4 Å². The van der Waals surface area contributed by atoms with Crippen LogP contribution in [0.3, 0.4) is 0 Å². The molecule has 6 nitrogen and oxygen atoms in total. The molecule has 2 amide bonds. The van der Waals surface area contributed by atoms with Gasteiger partial charge in [-0.15, -0.1) is 0 Å². The molecule has 1 unspecified atom stereocenters. The molecule has 2 heterocycles. The Labute approximate surface area is 162 Å². The first-order chi connectivity index (χ1) is 13.5. The fourth-order valence-electron chi connectivity index (χ4n) is 3.88. The van der Waals surface area contributed by atoms with Gasteiger partial charge in [-0.25, -0.2) is 4.39 Å². The first kappa shape index (κ1) is 18.4. The SMILES string of the molecule is O=C(N1CCN(c2ccccc2F)CC1)C1(O)CCN(c2ccccc2)C1=O. The fourth-order valence-corrected chi connectivity index (χ4v) is 3.88. The van der Waals surface area contributed by atoms with Gasteiger partial charge in [0.2, 0.25) is 5.60 Å². The number of rotatable bonds is 3. The van der Waals surface area contributed by atoms with Gasteiger partial charge >= 0.3 is 0 Å². The summed E-state index contributed by atoms with van der Waals surface area (Å²) in [5.41, 5.74) is -0.864. The Morgan fingerprint density at radius 2 is 1.57 bits per heavy atom. The van der Waals surface area contributed by atoms with Gasteiger partial charge in [-0.2, -0.15) is 0 Å². The Kier molecular flexibility index (Phi) is 4.77. The average Bonchev–Trinajstić information content (AvgIpc) is 3.04. The van der Waals surface area contributed by atoms with E-state index in [0.717, 1.165) is 0 Å². The summed E-state index contributed by atoms with van der Waals surface area (Å²) in [7, 11) is 0. The van der Waals surface area contributed by atoms with E-state index in [1.54, 1.807) is 30.3 Å². The molecule has 2 fully saturated rings. The predicted molar refractivity (Wildman–Crippen MR) is 104 cm³/mol. The third-order valence-corrected chi connectivity index (χ3v) is 5.48. The first-order valence-corrected chi connectivity index (χ1v) is 9.39. The molecule has 2 aliphatic rings. The molecule has 0 spiro atoms. The number of para-hydroxylation sites is 2. The van der Waals surface area contributed by atoms with Crippen LogP contribution >= 0.6 is 0 Å². The molecule has 4 rings (SSSR count). The van der Waals surface area contributed by atoms with Crippen molar-refractivity contribution in [2.24, 2.45) is 0 Å². The zero-order chi connectivity index (χ0) is 19.7. The molecular formula is C21H22FN3O3. The van der Waals surface area contributed by atoms with Gasteiger partial charge < -0.3 is 19.8 Å². The third-order valence-electron chi connectivity index (χ3n) is 5.48. The minimum atomic E-state index is -2.03. The Hall–Kier alpha value is -2.93. The lowest BCUT2D eigenvalue weighted by molar-refractivity contribution is -0.157. The first-order valence-electron chi connectivity index (χ1n) is 9.39. The summed E-state index contributed by atoms with van der Waals surface area (Å²) in [6.45, 7) is 1.83. The molecule has 2 aromatic rings. The van der Waals surface area contributed by atoms with Crippen LogP contribution in [0, 0.1) is 5.82 Å². The molecule has 2 saturated heterocycles. The Balaban J connectivity index is 1.44. The highest BCUT2D eigenvalue weighted by Gasteiger charge is 2.53. The lowest BCUT2D eigenvalue weighted by atomic mass is 10.00. The van der Waals surface area contributed by atoms with Crippen LogP contribution in [0.4, 0.5) is 15.8 Å². The molecular weight excluding hydrogens is 361 g/mol. The van der Waals surface area contributed by atoms with E-state index in [1.165, 1.54) is 15.9 Å². The molecule has 2 aliphatic heterocycles. The van der Waals surface area contributed by atoms with Crippen molar-refractivity contribution in [2.75, 3.05) is 42.5 Å². The maximum atomic E-state index is 14.0. The molecule has 1 N–H and O–H groups in total. The highest BCUT2D eigenvalue weighted by molar-refractivity contribution is 6.16. The summed E-state index contributed by atoms with van der Waals surface area (Å²) < 4.78 is 14.0. The second kappa shape index (κ2) is 7.24. The van der Waals surface area contributed by atoms with Gasteiger partial charge in [0.25, 0.3) is 11.8 Å². The van der Waals surface area contributed by atoms with E-state index in [9.17, 15) is 19.1 Å². The van der Waals surface area contributed by atoms with Crippen LogP contribution in [0.1, 0.15) is 6.42 Å². The van der Waals surface area contributed by atoms with Crippen molar-refractivity contribution in [1.82, 2.24) is 4.90 Å². The van der Waals surface area contributed by atoms with Gasteiger partial charge in [-0.3, -0.25) is 9.59 Å². The Bertz CT molecular complexity index is 883. The zero-order valence-electron chi connectivity index (χ0n) is 15.4. The van der Waals surface area contributed by atoms with E-state index in [0.29, 0.717) is 44.1 Å². The van der Waals surface area contributed by atoms with Gasteiger partial charge in [0.1, 0.15) is 5.82 Å². The van der Waals surface area contributed by atoms with Crippen molar-refractivity contribution < 1.29 is 19.1 Å². The third kappa shape index (κ3) is 3.11. The van der Waals surface area contributed by atoms with E-state index in [2.05, 4.69) is 0 Å². The van der Waals surface area contributed by atoms with Gasteiger partial charge in [-0.05, 0) is 24.3 Å². The van der Waals surface area contributed by atoms with Crippen LogP contribution in [0.5, 0.6) is 0 Å². The normalized spacial score (nSPS) is 22.6. The Morgan fingerprint density at radius 1 is 0.929 bits per heavy atom. The summed E-state index contributed by atoms with van der Waals surface area (Å²) in [5.74, 6) is -1.45. The topological polar surface area (TPSA) is 64.1 Å². The van der Waals surface area contributed by atoms with Crippen molar-refractivity contribution in [2.45, 2.75) is 12.0 Å². The van der Waals surface area contributed by atoms with Crippen LogP contribution < -0.4 is 9.80 Å². The number of hydrogen-bond acceptors (Lipinski definition) is 4. The van der Waals surface area contributed by atoms with Crippen molar-refractivity contribution >= 4 is 23.2 Å². The molecule has 0 aliphatic carbocycles. The predicted octanol–water partition coefficient (Wildman–Crippen LogP) is 1.64. The Morgan fingerprint density at radius 3 is 2.25 bits per heavy atom. The number of carbonyl (C=O) groups excluding carboxylic acids is 2. The highest BCUT2D eigenvalue weighted by atomic mass is 19.1. The minimum Gasteiger partial charge on any atom is -0.372 e. The maximum Gasteiger partial charge on any atom is 0.268 e. The minimum absolute atomic E-state index is 0.0626. The number of halogens is 1. The van der Waals surface area contributed by atoms with Crippen LogP contribution in [0.25, 0.3) is 0 Å². The van der Waals surface area contributed by atoms with Crippen molar-refractivity contribution in [3.63, 3.8) is 0 Å². The molecule has 28 heavy (non-hydrogen) atoms. The standard InChI is InChI=1S/C21H22FN3O3/c22-17-8-4-5-9-18(17)23-12-14-24(15-13-23)19(26)21(28)10-11-25(20(21)27)16-6-2-1-3-7-16/h1-9,28H,10-15H2. The van der Waals surface area contributed by atoms with Gasteiger partial charge in [0.05, 0.1) is 5.69 Å². The number of amides is 2. The number of hydrogen-bond donors (Lipinski definition) is 1. The summed E-state index contributed by atoms with van der Waals surface area (Å²) in [4.78, 5) is 30.6. The van der Waals surface area contributed by atoms with Gasteiger partial charge in [-0.1, -0.05) is 30.3 Å². The van der Waals surface area contributed by atoms with Gasteiger partial charge in [0, 0.05) is 44.8 Å². The van der Waals surface area contributed by atoms with E-state index >= 15 is 0 Å². The van der Waals surface area contributed by atoms with Crippen molar-refractivity contribution in [3.05, 3.63) is 60.4 Å². The second-order valence-corrected chi connectivity index (χ2v) is 7.13. The molecule has 0 bridgehead atoms. The number of anilines is 2. The summed E-state index contributed by atoms with van der Waals surface area (Å²) in [5, 5.41) is 10.9. The van der Waals surface area contributed by atoms with E-state index in [4.69, 9.17) is 0 Å². The summed E-state index contributed by atoms with van der Waals surface area (Å²) in [6, 6.07) is 15.5. The lowest BCUT2D eigenvalue weighted by Gasteiger charge is -2.38. The molecule has 2 aromatic carbocycles. The quantitative estimate of drug-likeness (QED) is 0.819. The van der Waals surface area contributed by atoms with Crippen LogP contribution in [-0.2, 0) is 9.59 Å². The summed E-state index contributed by atoms with van der Waals surface area (Å²) in [6.07, 6.45) is 0.0626. The lowest BCUT2D eigenvalue weighted by Crippen LogP contribution is -2.58. The zero-order valence-corrected chi connectivity index (χ0v) is 15.4. The smallest absolute Gasteiger partial charge is 0.268 e. The number of aliphatic hydroxyl groups is 1. The largest absolute Gasteiger partial charge is 0.372 e. The van der Waals surface area contributed by atoms with Crippen LogP contribution in [0.15, 0.2) is 54.6 Å².